The number of imidazole rings is 1. The van der Waals surface area contributed by atoms with Gasteiger partial charge in [0.2, 0.25) is 0 Å². The van der Waals surface area contributed by atoms with Gasteiger partial charge >= 0.3 is 0 Å². The zero-order valence-electron chi connectivity index (χ0n) is 17.0. The van der Waals surface area contributed by atoms with Crippen molar-refractivity contribution in [1.82, 2.24) is 24.5 Å². The predicted molar refractivity (Wildman–Crippen MR) is 112 cm³/mol. The lowest BCUT2D eigenvalue weighted by Gasteiger charge is -2.16. The molecule has 0 radical (unpaired) electrons. The lowest BCUT2D eigenvalue weighted by atomic mass is 10.0. The van der Waals surface area contributed by atoms with E-state index in [1.165, 1.54) is 6.33 Å². The van der Waals surface area contributed by atoms with Crippen molar-refractivity contribution in [3.63, 3.8) is 0 Å². The van der Waals surface area contributed by atoms with Gasteiger partial charge in [-0.3, -0.25) is 4.57 Å². The first-order valence-electron chi connectivity index (χ1n) is 10.6. The molecule has 11 heteroatoms. The third-order valence-electron chi connectivity index (χ3n) is 6.06. The van der Waals surface area contributed by atoms with Crippen molar-refractivity contribution >= 4 is 28.3 Å². The number of hydrogen-bond donors (Lipinski definition) is 3. The van der Waals surface area contributed by atoms with Crippen LogP contribution in [0.25, 0.3) is 22.3 Å². The summed E-state index contributed by atoms with van der Waals surface area (Å²) in [6, 6.07) is 7.74. The standard InChI is InChI=1S/C21H22N6O5/c28-17-14(7-22-21-26-12-3-1-2-4-13(12)32-21)31-20(18(17)29)27-10-25-16-15(11-5-6-30-8-11)23-9-24-19(16)27/h1-4,9-11,14,17-18,20,28-29H,5-8H2,(H,22,26)/t11?,14-,17+,18+,20-/m1/s1. The molecule has 2 fully saturated rings. The molecule has 0 saturated carbocycles. The molecule has 2 aliphatic rings. The number of aromatic nitrogens is 5. The Morgan fingerprint density at radius 3 is 2.88 bits per heavy atom. The molecule has 6 rings (SSSR count). The minimum absolute atomic E-state index is 0.164. The highest BCUT2D eigenvalue weighted by Gasteiger charge is 2.44. The Hall–Kier alpha value is -3.12. The molecular weight excluding hydrogens is 416 g/mol. The number of nitrogens with zero attached hydrogens (tertiary/aromatic N) is 5. The van der Waals surface area contributed by atoms with Crippen LogP contribution < -0.4 is 5.32 Å². The van der Waals surface area contributed by atoms with E-state index in [-0.39, 0.29) is 12.5 Å². The van der Waals surface area contributed by atoms with Crippen LogP contribution in [-0.4, -0.2) is 72.8 Å². The Morgan fingerprint density at radius 1 is 1.12 bits per heavy atom. The number of para-hydroxylation sites is 2. The van der Waals surface area contributed by atoms with E-state index in [0.717, 1.165) is 17.6 Å². The molecule has 5 heterocycles. The molecule has 32 heavy (non-hydrogen) atoms. The number of aliphatic hydroxyl groups is 2. The molecule has 11 nitrogen and oxygen atoms in total. The second kappa shape index (κ2) is 7.78. The third kappa shape index (κ3) is 3.21. The summed E-state index contributed by atoms with van der Waals surface area (Å²) in [5, 5.41) is 24.3. The molecule has 2 aliphatic heterocycles. The molecule has 0 amide bonds. The quantitative estimate of drug-likeness (QED) is 0.416. The highest BCUT2D eigenvalue weighted by molar-refractivity contribution is 5.74. The second-order valence-corrected chi connectivity index (χ2v) is 8.06. The highest BCUT2D eigenvalue weighted by atomic mass is 16.6. The fourth-order valence-electron chi connectivity index (χ4n) is 4.37. The van der Waals surface area contributed by atoms with Gasteiger partial charge in [-0.15, -0.1) is 0 Å². The number of oxazole rings is 1. The number of benzene rings is 1. The molecular formula is C21H22N6O5. The minimum Gasteiger partial charge on any atom is -0.424 e. The SMILES string of the molecule is O[C@@H]1[C@H](O)[C@H](n2cnc3c(C4CCOC4)ncnc32)O[C@@H]1CNc1nc2ccccc2o1. The van der Waals surface area contributed by atoms with Gasteiger partial charge in [0.15, 0.2) is 17.5 Å². The van der Waals surface area contributed by atoms with Crippen molar-refractivity contribution in [2.45, 2.75) is 36.9 Å². The molecule has 4 aromatic rings. The summed E-state index contributed by atoms with van der Waals surface area (Å²) < 4.78 is 18.8. The topological polar surface area (TPSA) is 141 Å². The molecule has 0 aliphatic carbocycles. The van der Waals surface area contributed by atoms with E-state index in [0.29, 0.717) is 36.0 Å². The van der Waals surface area contributed by atoms with Crippen molar-refractivity contribution in [2.24, 2.45) is 0 Å². The van der Waals surface area contributed by atoms with Crippen molar-refractivity contribution in [1.29, 1.82) is 0 Å². The van der Waals surface area contributed by atoms with Crippen LogP contribution in [0, 0.1) is 0 Å². The second-order valence-electron chi connectivity index (χ2n) is 8.06. The van der Waals surface area contributed by atoms with Crippen molar-refractivity contribution in [3.8, 4) is 0 Å². The van der Waals surface area contributed by atoms with Crippen LogP contribution in [-0.2, 0) is 9.47 Å². The predicted octanol–water partition coefficient (Wildman–Crippen LogP) is 1.20. The van der Waals surface area contributed by atoms with Crippen LogP contribution in [0.15, 0.2) is 41.3 Å². The Morgan fingerprint density at radius 2 is 2.03 bits per heavy atom. The van der Waals surface area contributed by atoms with Gasteiger partial charge in [-0.05, 0) is 18.6 Å². The number of nitrogens with one attached hydrogen (secondary N) is 1. The maximum Gasteiger partial charge on any atom is 0.295 e. The van der Waals surface area contributed by atoms with Gasteiger partial charge in [-0.1, -0.05) is 12.1 Å². The van der Waals surface area contributed by atoms with E-state index in [2.05, 4.69) is 25.3 Å². The summed E-state index contributed by atoms with van der Waals surface area (Å²) in [5.41, 5.74) is 3.42. The van der Waals surface area contributed by atoms with Crippen molar-refractivity contribution in [2.75, 3.05) is 25.1 Å². The van der Waals surface area contributed by atoms with Crippen LogP contribution in [0.5, 0.6) is 0 Å². The number of rotatable bonds is 5. The van der Waals surface area contributed by atoms with E-state index in [4.69, 9.17) is 13.9 Å². The molecule has 2 saturated heterocycles. The van der Waals surface area contributed by atoms with E-state index in [9.17, 15) is 10.2 Å². The lowest BCUT2D eigenvalue weighted by Crippen LogP contribution is -2.35. The molecule has 1 unspecified atom stereocenters. The average molecular weight is 438 g/mol. The fourth-order valence-corrected chi connectivity index (χ4v) is 4.37. The summed E-state index contributed by atoms with van der Waals surface area (Å²) in [4.78, 5) is 17.6. The molecule has 3 N–H and O–H groups in total. The van der Waals surface area contributed by atoms with E-state index in [1.54, 1.807) is 10.9 Å². The van der Waals surface area contributed by atoms with Gasteiger partial charge in [0.05, 0.1) is 18.6 Å². The highest BCUT2D eigenvalue weighted by Crippen LogP contribution is 2.34. The van der Waals surface area contributed by atoms with Gasteiger partial charge in [0, 0.05) is 19.1 Å². The first kappa shape index (κ1) is 19.6. The van der Waals surface area contributed by atoms with Crippen LogP contribution >= 0.6 is 0 Å². The maximum absolute atomic E-state index is 10.7. The number of aliphatic hydroxyl groups excluding tert-OH is 2. The molecule has 5 atom stereocenters. The number of ether oxygens (including phenoxy) is 2. The summed E-state index contributed by atoms with van der Waals surface area (Å²) >= 11 is 0. The molecule has 1 aromatic carbocycles. The summed E-state index contributed by atoms with van der Waals surface area (Å²) in [7, 11) is 0. The number of hydrogen-bond acceptors (Lipinski definition) is 10. The lowest BCUT2D eigenvalue weighted by molar-refractivity contribution is -0.0313. The smallest absolute Gasteiger partial charge is 0.295 e. The first-order chi connectivity index (χ1) is 15.7. The van der Waals surface area contributed by atoms with Crippen LogP contribution in [0.1, 0.15) is 24.3 Å². The maximum atomic E-state index is 10.7. The molecule has 0 spiro atoms. The van der Waals surface area contributed by atoms with Gasteiger partial charge in [-0.2, -0.15) is 4.98 Å². The number of fused-ring (bicyclic) bond motifs is 2. The van der Waals surface area contributed by atoms with Crippen LogP contribution in [0.2, 0.25) is 0 Å². The molecule has 3 aromatic heterocycles. The van der Waals surface area contributed by atoms with Gasteiger partial charge in [0.1, 0.15) is 35.7 Å². The monoisotopic (exact) mass is 438 g/mol. The normalized spacial score (nSPS) is 28.1. The Kier molecular flexibility index (Phi) is 4.76. The Balaban J connectivity index is 1.22. The summed E-state index contributed by atoms with van der Waals surface area (Å²) in [5.74, 6) is 0.164. The van der Waals surface area contributed by atoms with Gasteiger partial charge in [-0.25, -0.2) is 15.0 Å². The Labute approximate surface area is 182 Å². The first-order valence-corrected chi connectivity index (χ1v) is 10.6. The van der Waals surface area contributed by atoms with E-state index in [1.807, 2.05) is 24.3 Å². The van der Waals surface area contributed by atoms with Gasteiger partial charge in [0.25, 0.3) is 6.01 Å². The molecule has 0 bridgehead atoms. The minimum atomic E-state index is -1.16. The summed E-state index contributed by atoms with van der Waals surface area (Å²) in [6.07, 6.45) is 0.132. The molecule has 166 valence electrons. The number of anilines is 1. The van der Waals surface area contributed by atoms with Crippen LogP contribution in [0.4, 0.5) is 6.01 Å². The average Bonchev–Trinajstić information content (AvgIpc) is 3.60. The largest absolute Gasteiger partial charge is 0.424 e. The van der Waals surface area contributed by atoms with Crippen molar-refractivity contribution in [3.05, 3.63) is 42.6 Å². The van der Waals surface area contributed by atoms with Crippen molar-refractivity contribution < 1.29 is 24.1 Å². The third-order valence-corrected chi connectivity index (χ3v) is 6.06. The van der Waals surface area contributed by atoms with E-state index < -0.39 is 24.5 Å². The Bertz CT molecular complexity index is 1220. The van der Waals surface area contributed by atoms with Crippen LogP contribution in [0.3, 0.4) is 0 Å². The van der Waals surface area contributed by atoms with Gasteiger partial charge < -0.3 is 29.4 Å². The summed E-state index contributed by atoms with van der Waals surface area (Å²) in [6.45, 7) is 1.50. The fraction of sp³-hybridized carbons (Fsp3) is 0.429. The zero-order valence-corrected chi connectivity index (χ0v) is 17.0. The zero-order chi connectivity index (χ0) is 21.7. The van der Waals surface area contributed by atoms with E-state index >= 15 is 0 Å².